The molecule has 1 aliphatic rings. The molecule has 1 saturated heterocycles. The van der Waals surface area contributed by atoms with Gasteiger partial charge in [0.2, 0.25) is 0 Å². The van der Waals surface area contributed by atoms with E-state index in [0.29, 0.717) is 30.4 Å². The average Bonchev–Trinajstić information content (AvgIpc) is 3.02. The topological polar surface area (TPSA) is 75.7 Å². The fraction of sp³-hybridized carbons (Fsp3) is 0.435. The van der Waals surface area contributed by atoms with Crippen LogP contribution in [0, 0.1) is 0 Å². The van der Waals surface area contributed by atoms with Crippen LogP contribution in [0.15, 0.2) is 47.4 Å². The maximum Gasteiger partial charge on any atom is 0.261 e. The molecule has 0 unspecified atom stereocenters. The van der Waals surface area contributed by atoms with Gasteiger partial charge in [-0.2, -0.15) is 0 Å². The average molecular weight is 431 g/mol. The summed E-state index contributed by atoms with van der Waals surface area (Å²) in [6.45, 7) is 5.53. The van der Waals surface area contributed by atoms with Gasteiger partial charge in [0.05, 0.1) is 17.6 Å². The second-order valence-corrected chi connectivity index (χ2v) is 9.63. The number of methoxy groups -OCH3 is 1. The van der Waals surface area contributed by atoms with Crippen LogP contribution in [0.25, 0.3) is 0 Å². The number of sulfonamides is 1. The Morgan fingerprint density at radius 1 is 1.00 bits per heavy atom. The molecule has 0 spiro atoms. The lowest BCUT2D eigenvalue weighted by molar-refractivity contribution is 0.0758. The summed E-state index contributed by atoms with van der Waals surface area (Å²) >= 11 is 0. The standard InChI is InChI=1S/C23H30N2O4S/c1-17(2)18-8-10-19(11-9-18)24-30(27,28)20-12-13-22(29-3)21(16-20)23(26)25-14-6-4-5-7-15-25/h8-13,16-17,24H,4-7,14-15H2,1-3H3. The molecule has 1 fully saturated rings. The number of carbonyl (C=O) groups is 1. The van der Waals surface area contributed by atoms with E-state index in [1.54, 1.807) is 23.1 Å². The molecule has 7 heteroatoms. The highest BCUT2D eigenvalue weighted by atomic mass is 32.2. The molecule has 0 bridgehead atoms. The number of benzene rings is 2. The molecule has 162 valence electrons. The predicted molar refractivity (Wildman–Crippen MR) is 119 cm³/mol. The third kappa shape index (κ3) is 5.14. The lowest BCUT2D eigenvalue weighted by Crippen LogP contribution is -2.32. The first kappa shape index (κ1) is 22.2. The molecular weight excluding hydrogens is 400 g/mol. The second kappa shape index (κ2) is 9.51. The van der Waals surface area contributed by atoms with Gasteiger partial charge in [-0.15, -0.1) is 0 Å². The Labute approximate surface area is 179 Å². The molecular formula is C23H30N2O4S. The molecule has 3 rings (SSSR count). The van der Waals surface area contributed by atoms with Crippen molar-refractivity contribution in [1.29, 1.82) is 0 Å². The van der Waals surface area contributed by atoms with Crippen LogP contribution in [0.2, 0.25) is 0 Å². The minimum Gasteiger partial charge on any atom is -0.496 e. The summed E-state index contributed by atoms with van der Waals surface area (Å²) in [5.74, 6) is 0.557. The molecule has 0 aromatic heterocycles. The van der Waals surface area contributed by atoms with Gasteiger partial charge in [-0.1, -0.05) is 38.8 Å². The van der Waals surface area contributed by atoms with Crippen LogP contribution in [0.4, 0.5) is 5.69 Å². The van der Waals surface area contributed by atoms with Gasteiger partial charge in [-0.25, -0.2) is 8.42 Å². The zero-order chi connectivity index (χ0) is 21.7. The zero-order valence-electron chi connectivity index (χ0n) is 17.8. The van der Waals surface area contributed by atoms with E-state index in [4.69, 9.17) is 4.74 Å². The number of anilines is 1. The normalized spacial score (nSPS) is 15.0. The van der Waals surface area contributed by atoms with Gasteiger partial charge in [0.15, 0.2) is 0 Å². The largest absolute Gasteiger partial charge is 0.496 e. The minimum atomic E-state index is -3.84. The van der Waals surface area contributed by atoms with Crippen molar-refractivity contribution in [3.8, 4) is 5.75 Å². The van der Waals surface area contributed by atoms with Crippen LogP contribution in [0.1, 0.15) is 61.4 Å². The summed E-state index contributed by atoms with van der Waals surface area (Å²) in [5, 5.41) is 0. The molecule has 2 aromatic rings. The molecule has 6 nitrogen and oxygen atoms in total. The third-order valence-electron chi connectivity index (χ3n) is 5.43. The van der Waals surface area contributed by atoms with Crippen molar-refractivity contribution in [2.45, 2.75) is 50.3 Å². The number of hydrogen-bond acceptors (Lipinski definition) is 4. The Morgan fingerprint density at radius 3 is 2.20 bits per heavy atom. The molecule has 2 aromatic carbocycles. The fourth-order valence-corrected chi connectivity index (χ4v) is 4.70. The second-order valence-electron chi connectivity index (χ2n) is 7.95. The van der Waals surface area contributed by atoms with Crippen LogP contribution in [-0.2, 0) is 10.0 Å². The first-order valence-corrected chi connectivity index (χ1v) is 11.9. The number of ether oxygens (including phenoxy) is 1. The summed E-state index contributed by atoms with van der Waals surface area (Å²) in [6.07, 6.45) is 4.13. The SMILES string of the molecule is COc1ccc(S(=O)(=O)Nc2ccc(C(C)C)cc2)cc1C(=O)N1CCCCCC1. The molecule has 0 radical (unpaired) electrons. The Morgan fingerprint density at radius 2 is 1.63 bits per heavy atom. The first-order chi connectivity index (χ1) is 14.3. The van der Waals surface area contributed by atoms with Crippen molar-refractivity contribution in [3.63, 3.8) is 0 Å². The molecule has 0 atom stereocenters. The number of hydrogen-bond donors (Lipinski definition) is 1. The van der Waals surface area contributed by atoms with E-state index < -0.39 is 10.0 Å². The van der Waals surface area contributed by atoms with Crippen molar-refractivity contribution >= 4 is 21.6 Å². The van der Waals surface area contributed by atoms with Crippen molar-refractivity contribution < 1.29 is 17.9 Å². The van der Waals surface area contributed by atoms with E-state index in [1.807, 2.05) is 12.1 Å². The van der Waals surface area contributed by atoms with Crippen molar-refractivity contribution in [2.24, 2.45) is 0 Å². The minimum absolute atomic E-state index is 0.0365. The Bertz CT molecular complexity index is 977. The molecule has 1 heterocycles. The van der Waals surface area contributed by atoms with Gasteiger partial charge in [0, 0.05) is 18.8 Å². The van der Waals surface area contributed by atoms with Crippen LogP contribution in [-0.4, -0.2) is 39.4 Å². The maximum absolute atomic E-state index is 13.1. The predicted octanol–water partition coefficient (Wildman–Crippen LogP) is 4.64. The van der Waals surface area contributed by atoms with Gasteiger partial charge >= 0.3 is 0 Å². The number of nitrogens with zero attached hydrogens (tertiary/aromatic N) is 1. The van der Waals surface area contributed by atoms with Crippen molar-refractivity contribution in [1.82, 2.24) is 4.90 Å². The molecule has 30 heavy (non-hydrogen) atoms. The molecule has 0 aliphatic carbocycles. The summed E-state index contributed by atoms with van der Waals surface area (Å²) < 4.78 is 33.8. The number of carbonyl (C=O) groups excluding carboxylic acids is 1. The number of likely N-dealkylation sites (tertiary alicyclic amines) is 1. The van der Waals surface area contributed by atoms with E-state index in [-0.39, 0.29) is 16.4 Å². The van der Waals surface area contributed by atoms with Crippen LogP contribution in [0.5, 0.6) is 5.75 Å². The van der Waals surface area contributed by atoms with E-state index in [1.165, 1.54) is 19.2 Å². The molecule has 0 saturated carbocycles. The summed E-state index contributed by atoms with van der Waals surface area (Å²) in [4.78, 5) is 14.9. The van der Waals surface area contributed by atoms with Gasteiger partial charge in [0.1, 0.15) is 5.75 Å². The van der Waals surface area contributed by atoms with Gasteiger partial charge in [-0.05, 0) is 54.7 Å². The van der Waals surface area contributed by atoms with Gasteiger partial charge in [-0.3, -0.25) is 9.52 Å². The van der Waals surface area contributed by atoms with E-state index in [0.717, 1.165) is 31.2 Å². The smallest absolute Gasteiger partial charge is 0.261 e. The van der Waals surface area contributed by atoms with E-state index in [9.17, 15) is 13.2 Å². The highest BCUT2D eigenvalue weighted by Crippen LogP contribution is 2.27. The highest BCUT2D eigenvalue weighted by molar-refractivity contribution is 7.92. The highest BCUT2D eigenvalue weighted by Gasteiger charge is 2.24. The monoisotopic (exact) mass is 430 g/mol. The molecule has 1 N–H and O–H groups in total. The maximum atomic E-state index is 13.1. The van der Waals surface area contributed by atoms with Crippen LogP contribution in [0.3, 0.4) is 0 Å². The fourth-order valence-electron chi connectivity index (χ4n) is 3.62. The lowest BCUT2D eigenvalue weighted by Gasteiger charge is -2.22. The lowest BCUT2D eigenvalue weighted by atomic mass is 10.0. The summed E-state index contributed by atoms with van der Waals surface area (Å²) in [7, 11) is -2.36. The number of rotatable bonds is 6. The number of amides is 1. The van der Waals surface area contributed by atoms with Crippen molar-refractivity contribution in [3.05, 3.63) is 53.6 Å². The number of nitrogens with one attached hydrogen (secondary N) is 1. The van der Waals surface area contributed by atoms with Crippen LogP contribution >= 0.6 is 0 Å². The van der Waals surface area contributed by atoms with Gasteiger partial charge < -0.3 is 9.64 Å². The Hall–Kier alpha value is -2.54. The molecule has 1 amide bonds. The van der Waals surface area contributed by atoms with Crippen molar-refractivity contribution in [2.75, 3.05) is 24.9 Å². The van der Waals surface area contributed by atoms with Gasteiger partial charge in [0.25, 0.3) is 15.9 Å². The summed E-state index contributed by atoms with van der Waals surface area (Å²) in [5.41, 5.74) is 1.89. The molecule has 1 aliphatic heterocycles. The van der Waals surface area contributed by atoms with E-state index >= 15 is 0 Å². The Balaban J connectivity index is 1.87. The zero-order valence-corrected chi connectivity index (χ0v) is 18.7. The third-order valence-corrected chi connectivity index (χ3v) is 6.81. The van der Waals surface area contributed by atoms with E-state index in [2.05, 4.69) is 18.6 Å². The Kier molecular flexibility index (Phi) is 7.02. The quantitative estimate of drug-likeness (QED) is 0.725. The first-order valence-electron chi connectivity index (χ1n) is 10.4. The summed E-state index contributed by atoms with van der Waals surface area (Å²) in [6, 6.07) is 11.7. The van der Waals surface area contributed by atoms with Crippen LogP contribution < -0.4 is 9.46 Å².